The van der Waals surface area contributed by atoms with Crippen LogP contribution in [0.5, 0.6) is 5.75 Å². The molecule has 0 spiro atoms. The van der Waals surface area contributed by atoms with Crippen molar-refractivity contribution in [1.29, 1.82) is 0 Å². The van der Waals surface area contributed by atoms with Crippen LogP contribution in [0.25, 0.3) is 0 Å². The lowest BCUT2D eigenvalue weighted by Gasteiger charge is -2.16. The van der Waals surface area contributed by atoms with Gasteiger partial charge in [-0.2, -0.15) is 4.98 Å². The molecule has 2 heterocycles. The van der Waals surface area contributed by atoms with Crippen LogP contribution >= 0.6 is 11.8 Å². The van der Waals surface area contributed by atoms with Crippen molar-refractivity contribution in [3.8, 4) is 5.75 Å². The first-order valence-corrected chi connectivity index (χ1v) is 14.6. The Labute approximate surface area is 242 Å². The van der Waals surface area contributed by atoms with Crippen LogP contribution in [0.15, 0.2) is 77.3 Å². The zero-order chi connectivity index (χ0) is 29.0. The Balaban J connectivity index is 1.60. The number of hydrogen-bond acceptors (Lipinski definition) is 7. The van der Waals surface area contributed by atoms with Crippen molar-refractivity contribution < 1.29 is 19.0 Å². The maximum atomic E-state index is 13.4. The molecular formula is C31H33FN4O4S. The first-order valence-electron chi connectivity index (χ1n) is 13.6. The Morgan fingerprint density at radius 2 is 1.73 bits per heavy atom. The van der Waals surface area contributed by atoms with Crippen LogP contribution in [0.1, 0.15) is 71.6 Å². The summed E-state index contributed by atoms with van der Waals surface area (Å²) in [6, 6.07) is 11.2. The molecule has 8 nitrogen and oxygen atoms in total. The molecule has 0 saturated carbocycles. The highest BCUT2D eigenvalue weighted by Gasteiger charge is 2.15. The molecule has 0 aliphatic heterocycles. The van der Waals surface area contributed by atoms with Gasteiger partial charge >= 0.3 is 5.97 Å². The molecule has 0 aliphatic rings. The fourth-order valence-corrected chi connectivity index (χ4v) is 5.21. The summed E-state index contributed by atoms with van der Waals surface area (Å²) < 4.78 is 21.2. The van der Waals surface area contributed by atoms with E-state index >= 15 is 0 Å². The van der Waals surface area contributed by atoms with E-state index in [4.69, 9.17) is 4.74 Å². The van der Waals surface area contributed by atoms with E-state index in [1.165, 1.54) is 36.6 Å². The summed E-state index contributed by atoms with van der Waals surface area (Å²) in [6.07, 6.45) is 12.2. The van der Waals surface area contributed by atoms with E-state index in [2.05, 4.69) is 21.9 Å². The van der Waals surface area contributed by atoms with Gasteiger partial charge < -0.3 is 14.4 Å². The second-order valence-electron chi connectivity index (χ2n) is 9.72. The van der Waals surface area contributed by atoms with Gasteiger partial charge in [-0.1, -0.05) is 62.6 Å². The smallest absolute Gasteiger partial charge is 0.339 e. The second kappa shape index (κ2) is 15.1. The number of aromatic carboxylic acids is 1. The average Bonchev–Trinajstić information content (AvgIpc) is 2.97. The summed E-state index contributed by atoms with van der Waals surface area (Å²) >= 11 is 1.37. The minimum Gasteiger partial charge on any atom is -0.493 e. The molecule has 0 unspecified atom stereocenters. The third kappa shape index (κ3) is 8.97. The fourth-order valence-electron chi connectivity index (χ4n) is 4.29. The van der Waals surface area contributed by atoms with E-state index < -0.39 is 5.97 Å². The van der Waals surface area contributed by atoms with Crippen LogP contribution in [0.2, 0.25) is 0 Å². The molecule has 0 atom stereocenters. The molecule has 0 fully saturated rings. The molecule has 0 amide bonds. The van der Waals surface area contributed by atoms with Gasteiger partial charge in [0.1, 0.15) is 23.5 Å². The van der Waals surface area contributed by atoms with Gasteiger partial charge in [0.05, 0.1) is 6.61 Å². The Morgan fingerprint density at radius 3 is 2.46 bits per heavy atom. The molecule has 10 heteroatoms. The zero-order valence-electron chi connectivity index (χ0n) is 23.0. The lowest BCUT2D eigenvalue weighted by Crippen LogP contribution is -2.20. The maximum Gasteiger partial charge on any atom is 0.339 e. The summed E-state index contributed by atoms with van der Waals surface area (Å²) in [7, 11) is 0. The lowest BCUT2D eigenvalue weighted by atomic mass is 10.1. The molecule has 2 aromatic heterocycles. The van der Waals surface area contributed by atoms with Gasteiger partial charge in [-0.05, 0) is 47.4 Å². The van der Waals surface area contributed by atoms with Gasteiger partial charge in [-0.15, -0.1) is 0 Å². The first-order chi connectivity index (χ1) is 19.9. The van der Waals surface area contributed by atoms with Crippen molar-refractivity contribution in [2.24, 2.45) is 0 Å². The minimum absolute atomic E-state index is 0.107. The number of carboxylic acids is 1. The van der Waals surface area contributed by atoms with Crippen molar-refractivity contribution in [3.05, 3.63) is 111 Å². The summed E-state index contributed by atoms with van der Waals surface area (Å²) in [5.74, 6) is -0.554. The number of halogens is 1. The summed E-state index contributed by atoms with van der Waals surface area (Å²) in [5, 5.41) is 10.2. The highest BCUT2D eigenvalue weighted by Crippen LogP contribution is 2.25. The Kier molecular flexibility index (Phi) is 11.0. The van der Waals surface area contributed by atoms with Crippen molar-refractivity contribution in [2.75, 3.05) is 6.61 Å². The third-order valence-electron chi connectivity index (χ3n) is 6.45. The van der Waals surface area contributed by atoms with Gasteiger partial charge in [0.25, 0.3) is 5.56 Å². The predicted octanol–water partition coefficient (Wildman–Crippen LogP) is 6.15. The number of carbonyl (C=O) groups is 1. The standard InChI is InChI=1S/C31H33FN4O4S/c1-2-3-4-5-6-13-40-28-15-23(9-12-27(28)30(38)39)18-36-19-25(14-24-16-33-21-34-17-24)29(37)35-31(36)41-20-22-7-10-26(32)11-8-22/h7-12,15-17,19,21H,2-6,13-14,18,20H2,1H3,(H,38,39). The van der Waals surface area contributed by atoms with Crippen LogP contribution < -0.4 is 10.3 Å². The molecule has 4 rings (SSSR count). The number of rotatable bonds is 15. The average molecular weight is 577 g/mol. The fraction of sp³-hybridized carbons (Fsp3) is 0.323. The molecule has 0 aliphatic carbocycles. The highest BCUT2D eigenvalue weighted by molar-refractivity contribution is 7.98. The summed E-state index contributed by atoms with van der Waals surface area (Å²) in [6.45, 7) is 2.93. The quantitative estimate of drug-likeness (QED) is 0.102. The summed E-state index contributed by atoms with van der Waals surface area (Å²) in [5.41, 5.74) is 2.72. The number of thioether (sulfide) groups is 1. The number of nitrogens with zero attached hydrogens (tertiary/aromatic N) is 4. The third-order valence-corrected chi connectivity index (χ3v) is 7.52. The van der Waals surface area contributed by atoms with Gasteiger partial charge in [0.15, 0.2) is 5.16 Å². The number of benzene rings is 2. The van der Waals surface area contributed by atoms with Crippen molar-refractivity contribution in [1.82, 2.24) is 19.5 Å². The number of aromatic nitrogens is 4. The number of ether oxygens (including phenoxy) is 1. The number of hydrogen-bond donors (Lipinski definition) is 1. The van der Waals surface area contributed by atoms with Crippen LogP contribution in [-0.4, -0.2) is 37.2 Å². The Hall–Kier alpha value is -4.05. The minimum atomic E-state index is -1.05. The highest BCUT2D eigenvalue weighted by atomic mass is 32.2. The van der Waals surface area contributed by atoms with Crippen molar-refractivity contribution in [3.63, 3.8) is 0 Å². The van der Waals surface area contributed by atoms with E-state index in [9.17, 15) is 19.1 Å². The normalized spacial score (nSPS) is 11.0. The van der Waals surface area contributed by atoms with Crippen molar-refractivity contribution in [2.45, 2.75) is 62.9 Å². The SMILES string of the molecule is CCCCCCCOc1cc(Cn2cc(Cc3cncnc3)c(=O)nc2SCc2ccc(F)cc2)ccc1C(=O)O. The van der Waals surface area contributed by atoms with Crippen molar-refractivity contribution >= 4 is 17.7 Å². The van der Waals surface area contributed by atoms with Crippen LogP contribution in [0.4, 0.5) is 4.39 Å². The summed E-state index contributed by atoms with van der Waals surface area (Å²) in [4.78, 5) is 37.3. The van der Waals surface area contributed by atoms with Crippen LogP contribution in [-0.2, 0) is 18.7 Å². The van der Waals surface area contributed by atoms with Gasteiger partial charge in [-0.25, -0.2) is 19.2 Å². The molecule has 0 bridgehead atoms. The van der Waals surface area contributed by atoms with Gasteiger partial charge in [0, 0.05) is 42.9 Å². The molecule has 0 radical (unpaired) electrons. The van der Waals surface area contributed by atoms with E-state index in [0.717, 1.165) is 42.4 Å². The topological polar surface area (TPSA) is 107 Å². The van der Waals surface area contributed by atoms with E-state index in [0.29, 0.717) is 41.8 Å². The molecular weight excluding hydrogens is 543 g/mol. The van der Waals surface area contributed by atoms with E-state index in [1.807, 2.05) is 4.57 Å². The first kappa shape index (κ1) is 29.9. The molecule has 2 aromatic carbocycles. The molecule has 0 saturated heterocycles. The number of unbranched alkanes of at least 4 members (excludes halogenated alkanes) is 4. The molecule has 4 aromatic rings. The van der Waals surface area contributed by atoms with Crippen LogP contribution in [0, 0.1) is 5.82 Å². The van der Waals surface area contributed by atoms with Gasteiger partial charge in [-0.3, -0.25) is 4.79 Å². The predicted molar refractivity (Wildman–Crippen MR) is 156 cm³/mol. The monoisotopic (exact) mass is 576 g/mol. The molecule has 1 N–H and O–H groups in total. The Bertz CT molecular complexity index is 1500. The Morgan fingerprint density at radius 1 is 1.00 bits per heavy atom. The lowest BCUT2D eigenvalue weighted by molar-refractivity contribution is 0.0692. The van der Waals surface area contributed by atoms with E-state index in [1.54, 1.807) is 48.9 Å². The van der Waals surface area contributed by atoms with Crippen LogP contribution in [0.3, 0.4) is 0 Å². The number of carboxylic acid groups (broad SMARTS) is 1. The van der Waals surface area contributed by atoms with Gasteiger partial charge in [0.2, 0.25) is 0 Å². The van der Waals surface area contributed by atoms with E-state index in [-0.39, 0.29) is 16.9 Å². The largest absolute Gasteiger partial charge is 0.493 e. The molecule has 214 valence electrons. The zero-order valence-corrected chi connectivity index (χ0v) is 23.8. The second-order valence-corrected chi connectivity index (χ2v) is 10.7. The maximum absolute atomic E-state index is 13.4. The molecule has 41 heavy (non-hydrogen) atoms.